The highest BCUT2D eigenvalue weighted by molar-refractivity contribution is 5.80. The summed E-state index contributed by atoms with van der Waals surface area (Å²) in [5, 5.41) is 10.1. The first kappa shape index (κ1) is 13.3. The number of hydrogen-bond acceptors (Lipinski definition) is 4. The van der Waals surface area contributed by atoms with Crippen molar-refractivity contribution < 1.29 is 4.79 Å². The number of carbonyl (C=O) groups excluding carboxylic acids is 1. The standard InChI is InChI=1S/C13H19N5O/c1-9-6-5-7-18-11(9)15-12(17-18)14-8-10(19)16-13(2,3)4/h5-7H,8H2,1-4H3,(H,14,17)(H,16,19). The van der Waals surface area contributed by atoms with E-state index in [-0.39, 0.29) is 18.0 Å². The summed E-state index contributed by atoms with van der Waals surface area (Å²) in [4.78, 5) is 16.0. The molecule has 0 atom stereocenters. The maximum Gasteiger partial charge on any atom is 0.243 e. The number of rotatable bonds is 3. The Morgan fingerprint density at radius 2 is 2.16 bits per heavy atom. The van der Waals surface area contributed by atoms with Crippen molar-refractivity contribution in [3.05, 3.63) is 23.9 Å². The van der Waals surface area contributed by atoms with E-state index in [0.29, 0.717) is 5.95 Å². The minimum Gasteiger partial charge on any atom is -0.350 e. The molecule has 0 fully saturated rings. The van der Waals surface area contributed by atoms with Crippen molar-refractivity contribution in [2.24, 2.45) is 0 Å². The Hall–Kier alpha value is -2.11. The normalized spacial score (nSPS) is 11.6. The van der Waals surface area contributed by atoms with Crippen molar-refractivity contribution >= 4 is 17.5 Å². The summed E-state index contributed by atoms with van der Waals surface area (Å²) in [6, 6.07) is 3.88. The van der Waals surface area contributed by atoms with Crippen LogP contribution in [-0.4, -0.2) is 32.6 Å². The molecule has 0 saturated heterocycles. The van der Waals surface area contributed by atoms with Crippen LogP contribution in [0.3, 0.4) is 0 Å². The van der Waals surface area contributed by atoms with Gasteiger partial charge in [-0.05, 0) is 39.3 Å². The first-order valence-corrected chi connectivity index (χ1v) is 6.22. The molecular weight excluding hydrogens is 242 g/mol. The van der Waals surface area contributed by atoms with E-state index in [9.17, 15) is 4.79 Å². The lowest BCUT2D eigenvalue weighted by molar-refractivity contribution is -0.120. The molecule has 6 heteroatoms. The number of anilines is 1. The summed E-state index contributed by atoms with van der Waals surface area (Å²) in [6.07, 6.45) is 1.83. The van der Waals surface area contributed by atoms with Crippen LogP contribution in [0.1, 0.15) is 26.3 Å². The highest BCUT2D eigenvalue weighted by atomic mass is 16.2. The Morgan fingerprint density at radius 1 is 1.42 bits per heavy atom. The zero-order valence-electron chi connectivity index (χ0n) is 11.7. The molecule has 2 aromatic heterocycles. The predicted octanol–water partition coefficient (Wildman–Crippen LogP) is 1.36. The number of carbonyl (C=O) groups is 1. The van der Waals surface area contributed by atoms with Crippen molar-refractivity contribution in [2.45, 2.75) is 33.2 Å². The number of pyridine rings is 1. The summed E-state index contributed by atoms with van der Waals surface area (Å²) >= 11 is 0. The lowest BCUT2D eigenvalue weighted by Crippen LogP contribution is -2.43. The second kappa shape index (κ2) is 4.87. The monoisotopic (exact) mass is 261 g/mol. The van der Waals surface area contributed by atoms with E-state index in [1.165, 1.54) is 0 Å². The number of aryl methyl sites for hydroxylation is 1. The van der Waals surface area contributed by atoms with Crippen LogP contribution >= 0.6 is 0 Å². The van der Waals surface area contributed by atoms with E-state index in [1.807, 2.05) is 46.0 Å². The number of nitrogens with one attached hydrogen (secondary N) is 2. The quantitative estimate of drug-likeness (QED) is 0.875. The Balaban J connectivity index is 2.02. The second-order valence-electron chi connectivity index (χ2n) is 5.55. The fourth-order valence-corrected chi connectivity index (χ4v) is 1.74. The summed E-state index contributed by atoms with van der Waals surface area (Å²) < 4.78 is 1.69. The molecule has 1 amide bonds. The Bertz CT molecular complexity index is 597. The maximum atomic E-state index is 11.7. The second-order valence-corrected chi connectivity index (χ2v) is 5.55. The first-order chi connectivity index (χ1) is 8.85. The van der Waals surface area contributed by atoms with Crippen molar-refractivity contribution in [3.8, 4) is 0 Å². The van der Waals surface area contributed by atoms with Gasteiger partial charge in [0.05, 0.1) is 6.54 Å². The summed E-state index contributed by atoms with van der Waals surface area (Å²) in [6.45, 7) is 7.96. The zero-order chi connectivity index (χ0) is 14.0. The van der Waals surface area contributed by atoms with Crippen molar-refractivity contribution in [1.29, 1.82) is 0 Å². The molecule has 2 aromatic rings. The van der Waals surface area contributed by atoms with Gasteiger partial charge in [-0.15, -0.1) is 5.10 Å². The third-order valence-electron chi connectivity index (χ3n) is 2.48. The van der Waals surface area contributed by atoms with Crippen LogP contribution in [-0.2, 0) is 4.79 Å². The van der Waals surface area contributed by atoms with Crippen LogP contribution < -0.4 is 10.6 Å². The number of nitrogens with zero attached hydrogens (tertiary/aromatic N) is 3. The van der Waals surface area contributed by atoms with E-state index < -0.39 is 0 Å². The molecule has 0 aliphatic rings. The Kier molecular flexibility index (Phi) is 3.42. The van der Waals surface area contributed by atoms with Crippen LogP contribution in [0, 0.1) is 6.92 Å². The maximum absolute atomic E-state index is 11.7. The highest BCUT2D eigenvalue weighted by Gasteiger charge is 2.14. The molecule has 102 valence electrons. The van der Waals surface area contributed by atoms with Gasteiger partial charge < -0.3 is 10.6 Å². The Labute approximate surface area is 112 Å². The van der Waals surface area contributed by atoms with Gasteiger partial charge in [-0.1, -0.05) is 6.07 Å². The van der Waals surface area contributed by atoms with Gasteiger partial charge in [0.15, 0.2) is 5.65 Å². The van der Waals surface area contributed by atoms with E-state index in [1.54, 1.807) is 4.52 Å². The Morgan fingerprint density at radius 3 is 2.79 bits per heavy atom. The first-order valence-electron chi connectivity index (χ1n) is 6.22. The van der Waals surface area contributed by atoms with Crippen molar-refractivity contribution in [1.82, 2.24) is 19.9 Å². The number of hydrogen-bond donors (Lipinski definition) is 2. The van der Waals surface area contributed by atoms with Crippen LogP contribution in [0.15, 0.2) is 18.3 Å². The van der Waals surface area contributed by atoms with E-state index >= 15 is 0 Å². The van der Waals surface area contributed by atoms with Gasteiger partial charge in [0.2, 0.25) is 11.9 Å². The van der Waals surface area contributed by atoms with E-state index in [0.717, 1.165) is 11.2 Å². The summed E-state index contributed by atoms with van der Waals surface area (Å²) in [7, 11) is 0. The van der Waals surface area contributed by atoms with Gasteiger partial charge in [0.25, 0.3) is 0 Å². The fraction of sp³-hybridized carbons (Fsp3) is 0.462. The molecule has 0 aromatic carbocycles. The predicted molar refractivity (Wildman–Crippen MR) is 74.1 cm³/mol. The molecule has 0 aliphatic carbocycles. The van der Waals surface area contributed by atoms with Gasteiger partial charge in [-0.25, -0.2) is 4.52 Å². The summed E-state index contributed by atoms with van der Waals surface area (Å²) in [5.74, 6) is 0.376. The molecule has 2 rings (SSSR count). The van der Waals surface area contributed by atoms with Gasteiger partial charge in [0.1, 0.15) is 0 Å². The molecule has 2 N–H and O–H groups in total. The largest absolute Gasteiger partial charge is 0.350 e. The number of amides is 1. The van der Waals surface area contributed by atoms with E-state index in [2.05, 4.69) is 20.7 Å². The summed E-state index contributed by atoms with van der Waals surface area (Å²) in [5.41, 5.74) is 1.60. The molecule has 2 heterocycles. The average Bonchev–Trinajstić information content (AvgIpc) is 2.68. The van der Waals surface area contributed by atoms with Gasteiger partial charge >= 0.3 is 0 Å². The van der Waals surface area contributed by atoms with Gasteiger partial charge in [-0.2, -0.15) is 4.98 Å². The molecule has 0 radical (unpaired) electrons. The van der Waals surface area contributed by atoms with Crippen molar-refractivity contribution in [3.63, 3.8) is 0 Å². The SMILES string of the molecule is Cc1cccn2nc(NCC(=O)NC(C)(C)C)nc12. The molecule has 0 bridgehead atoms. The lowest BCUT2D eigenvalue weighted by Gasteiger charge is -2.20. The molecular formula is C13H19N5O. The van der Waals surface area contributed by atoms with Crippen LogP contribution in [0.5, 0.6) is 0 Å². The van der Waals surface area contributed by atoms with Crippen LogP contribution in [0.2, 0.25) is 0 Å². The van der Waals surface area contributed by atoms with Gasteiger partial charge in [0, 0.05) is 11.7 Å². The topological polar surface area (TPSA) is 71.3 Å². The molecule has 6 nitrogen and oxygen atoms in total. The molecule has 19 heavy (non-hydrogen) atoms. The van der Waals surface area contributed by atoms with Gasteiger partial charge in [-0.3, -0.25) is 4.79 Å². The van der Waals surface area contributed by atoms with Crippen LogP contribution in [0.4, 0.5) is 5.95 Å². The lowest BCUT2D eigenvalue weighted by atomic mass is 10.1. The minimum atomic E-state index is -0.234. The number of fused-ring (bicyclic) bond motifs is 1. The molecule has 0 unspecified atom stereocenters. The third-order valence-corrected chi connectivity index (χ3v) is 2.48. The smallest absolute Gasteiger partial charge is 0.243 e. The van der Waals surface area contributed by atoms with E-state index in [4.69, 9.17) is 0 Å². The third kappa shape index (κ3) is 3.43. The average molecular weight is 261 g/mol. The van der Waals surface area contributed by atoms with Crippen LogP contribution in [0.25, 0.3) is 5.65 Å². The number of aromatic nitrogens is 3. The van der Waals surface area contributed by atoms with Crippen molar-refractivity contribution in [2.75, 3.05) is 11.9 Å². The fourth-order valence-electron chi connectivity index (χ4n) is 1.74. The minimum absolute atomic E-state index is 0.0805. The zero-order valence-corrected chi connectivity index (χ0v) is 11.7. The molecule has 0 spiro atoms. The molecule has 0 aliphatic heterocycles. The highest BCUT2D eigenvalue weighted by Crippen LogP contribution is 2.09. The molecule has 0 saturated carbocycles.